The van der Waals surface area contributed by atoms with Gasteiger partial charge in [-0.05, 0) is 182 Å². The highest BCUT2D eigenvalue weighted by atomic mass is 15.2. The normalized spacial score (nSPS) is 17.0. The molecule has 0 amide bonds. The Hall–Kier alpha value is -4.24. The van der Waals surface area contributed by atoms with Crippen LogP contribution in [0.2, 0.25) is 0 Å². The molecule has 2 heterocycles. The highest BCUT2D eigenvalue weighted by molar-refractivity contribution is 7.00. The quantitative estimate of drug-likeness (QED) is 0.164. The molecule has 2 aliphatic heterocycles. The minimum Gasteiger partial charge on any atom is -0.311 e. The monoisotopic (exact) mass is 795 g/mol. The van der Waals surface area contributed by atoms with Gasteiger partial charge < -0.3 is 9.80 Å². The topological polar surface area (TPSA) is 6.48 Å². The molecule has 1 saturated carbocycles. The second-order valence-electron chi connectivity index (χ2n) is 23.4. The van der Waals surface area contributed by atoms with E-state index in [1.54, 1.807) is 11.1 Å². The zero-order valence-electron chi connectivity index (χ0n) is 39.4. The molecule has 9 rings (SSSR count). The average Bonchev–Trinajstić information content (AvgIpc) is 3.18. The summed E-state index contributed by atoms with van der Waals surface area (Å²) in [5, 5.41) is 0. The van der Waals surface area contributed by atoms with E-state index in [-0.39, 0.29) is 28.4 Å². The molecule has 2 aliphatic carbocycles. The van der Waals surface area contributed by atoms with Gasteiger partial charge >= 0.3 is 0 Å². The predicted molar refractivity (Wildman–Crippen MR) is 262 cm³/mol. The molecule has 3 heteroatoms. The summed E-state index contributed by atoms with van der Waals surface area (Å²) in [5.41, 5.74) is 23.9. The molecule has 312 valence electrons. The van der Waals surface area contributed by atoms with E-state index >= 15 is 0 Å². The number of fused-ring (bicyclic) bond motifs is 5. The first-order valence-corrected chi connectivity index (χ1v) is 23.5. The Morgan fingerprint density at radius 1 is 0.450 bits per heavy atom. The smallest absolute Gasteiger partial charge is 0.252 e. The van der Waals surface area contributed by atoms with Crippen LogP contribution >= 0.6 is 0 Å². The fourth-order valence-electron chi connectivity index (χ4n) is 10.8. The van der Waals surface area contributed by atoms with Crippen molar-refractivity contribution in [1.29, 1.82) is 0 Å². The van der Waals surface area contributed by atoms with Crippen LogP contribution in [-0.2, 0) is 34.5 Å². The number of anilines is 6. The summed E-state index contributed by atoms with van der Waals surface area (Å²) in [6, 6.07) is 33.1. The van der Waals surface area contributed by atoms with Crippen molar-refractivity contribution in [2.45, 2.75) is 175 Å². The summed E-state index contributed by atoms with van der Waals surface area (Å²) in [6.07, 6.45) is 11.5. The van der Waals surface area contributed by atoms with Crippen molar-refractivity contribution in [3.63, 3.8) is 0 Å². The maximum absolute atomic E-state index is 2.71. The zero-order valence-corrected chi connectivity index (χ0v) is 39.4. The second-order valence-corrected chi connectivity index (χ2v) is 23.4. The van der Waals surface area contributed by atoms with Gasteiger partial charge in [0.05, 0.1) is 0 Å². The van der Waals surface area contributed by atoms with E-state index in [0.717, 1.165) is 6.42 Å². The van der Waals surface area contributed by atoms with E-state index < -0.39 is 0 Å². The molecule has 2 nitrogen and oxygen atoms in total. The van der Waals surface area contributed by atoms with Crippen molar-refractivity contribution in [3.8, 4) is 0 Å². The fraction of sp³-hybridized carbons (Fsp3) is 0.474. The Morgan fingerprint density at radius 3 is 1.37 bits per heavy atom. The minimum atomic E-state index is 0.00477. The molecular formula is C57H71BN2. The van der Waals surface area contributed by atoms with Gasteiger partial charge in [0, 0.05) is 34.1 Å². The van der Waals surface area contributed by atoms with Gasteiger partial charge in [0.1, 0.15) is 0 Å². The molecule has 5 aromatic rings. The van der Waals surface area contributed by atoms with Crippen molar-refractivity contribution in [2.75, 3.05) is 9.80 Å². The molecule has 0 unspecified atom stereocenters. The molecule has 0 saturated heterocycles. The van der Waals surface area contributed by atoms with Crippen LogP contribution in [0.4, 0.5) is 34.1 Å². The summed E-state index contributed by atoms with van der Waals surface area (Å²) in [7, 11) is 0. The lowest BCUT2D eigenvalue weighted by Gasteiger charge is -2.45. The molecule has 0 spiro atoms. The van der Waals surface area contributed by atoms with Crippen molar-refractivity contribution in [3.05, 3.63) is 123 Å². The predicted octanol–water partition coefficient (Wildman–Crippen LogP) is 14.2. The third-order valence-corrected chi connectivity index (χ3v) is 14.6. The average molecular weight is 795 g/mol. The van der Waals surface area contributed by atoms with Crippen LogP contribution < -0.4 is 26.2 Å². The van der Waals surface area contributed by atoms with Crippen LogP contribution in [0, 0.1) is 6.92 Å². The molecule has 0 radical (unpaired) electrons. The molecule has 60 heavy (non-hydrogen) atoms. The highest BCUT2D eigenvalue weighted by Crippen LogP contribution is 2.49. The van der Waals surface area contributed by atoms with Crippen LogP contribution in [0.15, 0.2) is 78.9 Å². The van der Waals surface area contributed by atoms with Gasteiger partial charge in [-0.3, -0.25) is 0 Å². The molecule has 5 aromatic carbocycles. The van der Waals surface area contributed by atoms with Crippen molar-refractivity contribution >= 4 is 57.2 Å². The molecule has 0 aromatic heterocycles. The molecule has 0 N–H and O–H groups in total. The van der Waals surface area contributed by atoms with E-state index in [0.29, 0.717) is 5.92 Å². The van der Waals surface area contributed by atoms with Crippen LogP contribution in [0.3, 0.4) is 0 Å². The maximum Gasteiger partial charge on any atom is 0.252 e. The summed E-state index contributed by atoms with van der Waals surface area (Å²) < 4.78 is 0. The van der Waals surface area contributed by atoms with E-state index in [9.17, 15) is 0 Å². The lowest BCUT2D eigenvalue weighted by atomic mass is 9.33. The second kappa shape index (κ2) is 14.4. The van der Waals surface area contributed by atoms with E-state index in [1.807, 2.05) is 0 Å². The highest BCUT2D eigenvalue weighted by Gasteiger charge is 2.45. The standard InChI is InChI=1S/C57H71BN2/c1-36-25-51-53-52(26-36)60(46-34-43(56(8,9)10)31-44(35-46)57(11,12)13)50-28-39-22-18-17-21-38(39)27-48(50)58(53)47-24-23-40(37-19-15-14-16-20-37)29-49(47)59(51)45-32-41(54(2,3)4)30-42(33-45)55(5,6)7/h23-35,37H,14-22H2,1-13H3. The number of hydrogen-bond acceptors (Lipinski definition) is 2. The first kappa shape index (κ1) is 41.1. The number of nitrogens with zero attached hydrogens (tertiary/aromatic N) is 2. The third-order valence-electron chi connectivity index (χ3n) is 14.6. The Labute approximate surface area is 364 Å². The SMILES string of the molecule is Cc1cc2c3c(c1)N(c1cc(C(C)(C)C)cc(C(C)(C)C)c1)c1cc4c(cc1B3c1ccc(C3CCCCC3)cc1N2c1cc(C(C)(C)C)cc(C(C)(C)C)c1)CCCC4. The molecule has 0 atom stereocenters. The Bertz CT molecular complexity index is 2420. The number of hydrogen-bond donors (Lipinski definition) is 0. The van der Waals surface area contributed by atoms with Gasteiger partial charge in [-0.15, -0.1) is 0 Å². The first-order chi connectivity index (χ1) is 28.2. The third kappa shape index (κ3) is 7.24. The van der Waals surface area contributed by atoms with Gasteiger partial charge in [-0.1, -0.05) is 133 Å². The Balaban J connectivity index is 1.39. The van der Waals surface area contributed by atoms with Gasteiger partial charge in [0.25, 0.3) is 6.71 Å². The summed E-state index contributed by atoms with van der Waals surface area (Å²) >= 11 is 0. The molecule has 4 aliphatic rings. The van der Waals surface area contributed by atoms with Gasteiger partial charge in [-0.25, -0.2) is 0 Å². The van der Waals surface area contributed by atoms with E-state index in [2.05, 4.69) is 179 Å². The maximum atomic E-state index is 2.71. The Kier molecular flexibility index (Phi) is 9.89. The number of benzene rings is 5. The molecule has 1 fully saturated rings. The lowest BCUT2D eigenvalue weighted by Crippen LogP contribution is -2.61. The zero-order chi connectivity index (χ0) is 42.7. The van der Waals surface area contributed by atoms with Crippen LogP contribution in [0.5, 0.6) is 0 Å². The summed E-state index contributed by atoms with van der Waals surface area (Å²) in [6.45, 7) is 31.0. The number of aryl methyl sites for hydroxylation is 3. The molecule has 0 bridgehead atoms. The van der Waals surface area contributed by atoms with E-state index in [1.165, 1.54) is 135 Å². The fourth-order valence-corrected chi connectivity index (χ4v) is 10.8. The van der Waals surface area contributed by atoms with Gasteiger partial charge in [-0.2, -0.15) is 0 Å². The largest absolute Gasteiger partial charge is 0.311 e. The first-order valence-electron chi connectivity index (χ1n) is 23.5. The molecular weight excluding hydrogens is 723 g/mol. The summed E-state index contributed by atoms with van der Waals surface area (Å²) in [5.74, 6) is 0.625. The van der Waals surface area contributed by atoms with Crippen molar-refractivity contribution < 1.29 is 0 Å². The van der Waals surface area contributed by atoms with Crippen LogP contribution in [0.25, 0.3) is 0 Å². The van der Waals surface area contributed by atoms with Crippen molar-refractivity contribution in [2.24, 2.45) is 0 Å². The minimum absolute atomic E-state index is 0.00477. The number of rotatable bonds is 3. The van der Waals surface area contributed by atoms with Crippen LogP contribution in [0.1, 0.15) is 178 Å². The lowest BCUT2D eigenvalue weighted by molar-refractivity contribution is 0.444. The van der Waals surface area contributed by atoms with Crippen molar-refractivity contribution in [1.82, 2.24) is 0 Å². The van der Waals surface area contributed by atoms with Crippen LogP contribution in [-0.4, -0.2) is 6.71 Å². The summed E-state index contributed by atoms with van der Waals surface area (Å²) in [4.78, 5) is 5.41. The Morgan fingerprint density at radius 2 is 0.900 bits per heavy atom. The van der Waals surface area contributed by atoms with Gasteiger partial charge in [0.2, 0.25) is 0 Å². The van der Waals surface area contributed by atoms with E-state index in [4.69, 9.17) is 0 Å². The van der Waals surface area contributed by atoms with Gasteiger partial charge in [0.15, 0.2) is 0 Å².